The highest BCUT2D eigenvalue weighted by Gasteiger charge is 2.07. The van der Waals surface area contributed by atoms with Crippen LogP contribution < -0.4 is 4.74 Å². The number of carbonyl (C=O) groups excluding carboxylic acids is 2. The maximum absolute atomic E-state index is 12.1. The van der Waals surface area contributed by atoms with Gasteiger partial charge in [-0.1, -0.05) is 121 Å². The number of esters is 1. The summed E-state index contributed by atoms with van der Waals surface area (Å²) in [7, 11) is 1.51. The summed E-state index contributed by atoms with van der Waals surface area (Å²) in [5.41, 5.74) is 0.840. The Morgan fingerprint density at radius 3 is 1.64 bits per heavy atom. The van der Waals surface area contributed by atoms with Crippen molar-refractivity contribution in [2.45, 2.75) is 141 Å². The molecule has 1 aromatic rings. The first-order valence-corrected chi connectivity index (χ1v) is 16.5. The van der Waals surface area contributed by atoms with Gasteiger partial charge in [0, 0.05) is 12.8 Å². The number of hydrogen-bond acceptors (Lipinski definition) is 7. The number of ether oxygens (including phenoxy) is 2. The van der Waals surface area contributed by atoms with Gasteiger partial charge in [-0.3, -0.25) is 9.59 Å². The van der Waals surface area contributed by atoms with E-state index >= 15 is 0 Å². The fourth-order valence-corrected chi connectivity index (χ4v) is 4.96. The molecule has 1 aromatic carbocycles. The second-order valence-electron chi connectivity index (χ2n) is 11.5. The smallest absolute Gasteiger partial charge is 0.305 e. The Balaban J connectivity index is 1.79. The molecule has 0 heterocycles. The van der Waals surface area contributed by atoms with E-state index in [0.717, 1.165) is 37.7 Å². The Hall–Kier alpha value is -2.38. The van der Waals surface area contributed by atoms with E-state index in [1.54, 1.807) is 30.4 Å². The molecule has 0 bridgehead atoms. The van der Waals surface area contributed by atoms with Crippen molar-refractivity contribution in [3.8, 4) is 11.5 Å². The molecule has 0 spiro atoms. The van der Waals surface area contributed by atoms with Gasteiger partial charge < -0.3 is 24.8 Å². The van der Waals surface area contributed by atoms with E-state index in [2.05, 4.69) is 0 Å². The number of allylic oxidation sites excluding steroid dienone is 1. The lowest BCUT2D eigenvalue weighted by Gasteiger charge is -2.08. The van der Waals surface area contributed by atoms with E-state index in [4.69, 9.17) is 19.7 Å². The lowest BCUT2D eigenvalue weighted by molar-refractivity contribution is -0.147. The zero-order valence-corrected chi connectivity index (χ0v) is 26.2. The van der Waals surface area contributed by atoms with Crippen molar-refractivity contribution in [2.24, 2.45) is 0 Å². The van der Waals surface area contributed by atoms with Crippen LogP contribution in [0, 0.1) is 0 Å². The zero-order valence-electron chi connectivity index (χ0n) is 26.2. The summed E-state index contributed by atoms with van der Waals surface area (Å²) in [6.45, 7) is -0.505. The first-order chi connectivity index (χ1) is 20.5. The van der Waals surface area contributed by atoms with Crippen LogP contribution in [0.2, 0.25) is 0 Å². The number of methoxy groups -OCH3 is 1. The molecule has 0 aromatic heterocycles. The Kier molecular flexibility index (Phi) is 23.5. The number of ketones is 1. The Labute approximate surface area is 254 Å². The first kappa shape index (κ1) is 37.6. The third-order valence-electron chi connectivity index (χ3n) is 7.62. The minimum atomic E-state index is -0.974. The summed E-state index contributed by atoms with van der Waals surface area (Å²) in [4.78, 5) is 23.6. The topological polar surface area (TPSA) is 113 Å². The highest BCUT2D eigenvalue weighted by Crippen LogP contribution is 2.26. The molecule has 3 N–H and O–H groups in total. The van der Waals surface area contributed by atoms with Crippen molar-refractivity contribution in [3.63, 3.8) is 0 Å². The molecule has 1 unspecified atom stereocenters. The predicted molar refractivity (Wildman–Crippen MR) is 170 cm³/mol. The average Bonchev–Trinajstić information content (AvgIpc) is 3.00. The monoisotopic (exact) mass is 590 g/mol. The molecule has 0 saturated heterocycles. The standard InChI is InChI=1S/C35H58O7/c1-41-34-27-30(24-26-33(34)39)23-25-31(37)21-19-17-15-13-11-9-7-5-3-2-4-6-8-10-12-14-16-18-20-22-35(40)42-29-32(38)28-36/h23-27,32,36,38-39H,2-22,28-29H2,1H3/b25-23+. The Bertz CT molecular complexity index is 852. The number of unbranched alkanes of at least 4 members (excludes halogenated alkanes) is 18. The lowest BCUT2D eigenvalue weighted by atomic mass is 10.0. The number of aliphatic hydroxyl groups excluding tert-OH is 2. The largest absolute Gasteiger partial charge is 0.504 e. The summed E-state index contributed by atoms with van der Waals surface area (Å²) in [5, 5.41) is 27.5. The van der Waals surface area contributed by atoms with Crippen LogP contribution in [0.3, 0.4) is 0 Å². The minimum absolute atomic E-state index is 0.0968. The molecule has 1 atom stereocenters. The van der Waals surface area contributed by atoms with Gasteiger partial charge in [0.1, 0.15) is 12.7 Å². The van der Waals surface area contributed by atoms with Crippen LogP contribution >= 0.6 is 0 Å². The second-order valence-corrected chi connectivity index (χ2v) is 11.5. The molecule has 0 aliphatic rings. The lowest BCUT2D eigenvalue weighted by Crippen LogP contribution is -2.21. The summed E-state index contributed by atoms with van der Waals surface area (Å²) in [6, 6.07) is 5.05. The molecular formula is C35H58O7. The maximum Gasteiger partial charge on any atom is 0.305 e. The summed E-state index contributed by atoms with van der Waals surface area (Å²) in [6.07, 6.45) is 26.8. The van der Waals surface area contributed by atoms with Crippen LogP contribution in [-0.4, -0.2) is 53.5 Å². The molecule has 0 amide bonds. The van der Waals surface area contributed by atoms with Gasteiger partial charge in [0.05, 0.1) is 13.7 Å². The van der Waals surface area contributed by atoms with Gasteiger partial charge in [-0.25, -0.2) is 0 Å². The van der Waals surface area contributed by atoms with Crippen LogP contribution in [-0.2, 0) is 14.3 Å². The molecule has 0 aliphatic carbocycles. The number of phenolic OH excluding ortho intramolecular Hbond substituents is 1. The number of rotatable bonds is 28. The van der Waals surface area contributed by atoms with Gasteiger partial charge in [0.2, 0.25) is 0 Å². The number of aliphatic hydroxyl groups is 2. The number of carbonyl (C=O) groups is 2. The number of benzene rings is 1. The van der Waals surface area contributed by atoms with E-state index in [1.807, 2.05) is 0 Å². The zero-order chi connectivity index (χ0) is 30.7. The summed E-state index contributed by atoms with van der Waals surface area (Å²) >= 11 is 0. The fourth-order valence-electron chi connectivity index (χ4n) is 4.96. The van der Waals surface area contributed by atoms with Crippen LogP contribution in [0.5, 0.6) is 11.5 Å². The molecule has 0 fully saturated rings. The first-order valence-electron chi connectivity index (χ1n) is 16.5. The van der Waals surface area contributed by atoms with Crippen molar-refractivity contribution >= 4 is 17.8 Å². The van der Waals surface area contributed by atoms with Crippen LogP contribution in [0.15, 0.2) is 24.3 Å². The molecule has 1 rings (SSSR count). The van der Waals surface area contributed by atoms with Crippen LogP contribution in [0.4, 0.5) is 0 Å². The third-order valence-corrected chi connectivity index (χ3v) is 7.62. The highest BCUT2D eigenvalue weighted by atomic mass is 16.5. The van der Waals surface area contributed by atoms with Crippen LogP contribution in [0.1, 0.15) is 140 Å². The van der Waals surface area contributed by atoms with Crippen LogP contribution in [0.25, 0.3) is 6.08 Å². The molecule has 42 heavy (non-hydrogen) atoms. The number of phenols is 1. The SMILES string of the molecule is COc1cc(/C=C/C(=O)CCCCCCCCCCCCCCCCCCCCCC(=O)OCC(O)CO)ccc1O. The van der Waals surface area contributed by atoms with Gasteiger partial charge in [-0.05, 0) is 36.6 Å². The van der Waals surface area contributed by atoms with Crippen molar-refractivity contribution in [3.05, 3.63) is 29.8 Å². The molecular weight excluding hydrogens is 532 g/mol. The Morgan fingerprint density at radius 1 is 0.738 bits per heavy atom. The van der Waals surface area contributed by atoms with E-state index in [9.17, 15) is 14.7 Å². The molecule has 0 radical (unpaired) electrons. The minimum Gasteiger partial charge on any atom is -0.504 e. The van der Waals surface area contributed by atoms with E-state index in [1.165, 1.54) is 97.0 Å². The third kappa shape index (κ3) is 21.3. The quantitative estimate of drug-likeness (QED) is 0.0514. The molecule has 0 aliphatic heterocycles. The van der Waals surface area contributed by atoms with Crippen molar-refractivity contribution in [2.75, 3.05) is 20.3 Å². The maximum atomic E-state index is 12.1. The number of aromatic hydroxyl groups is 1. The van der Waals surface area contributed by atoms with Gasteiger partial charge in [0.25, 0.3) is 0 Å². The van der Waals surface area contributed by atoms with Gasteiger partial charge in [0.15, 0.2) is 17.3 Å². The highest BCUT2D eigenvalue weighted by molar-refractivity contribution is 5.93. The van der Waals surface area contributed by atoms with Crippen molar-refractivity contribution < 1.29 is 34.4 Å². The second kappa shape index (κ2) is 26.3. The molecule has 7 nitrogen and oxygen atoms in total. The van der Waals surface area contributed by atoms with Crippen molar-refractivity contribution in [1.29, 1.82) is 0 Å². The predicted octanol–water partition coefficient (Wildman–Crippen LogP) is 8.07. The van der Waals surface area contributed by atoms with Gasteiger partial charge >= 0.3 is 5.97 Å². The summed E-state index contributed by atoms with van der Waals surface area (Å²) in [5.74, 6) is 0.358. The Morgan fingerprint density at radius 2 is 1.19 bits per heavy atom. The van der Waals surface area contributed by atoms with E-state index < -0.39 is 6.10 Å². The fraction of sp³-hybridized carbons (Fsp3) is 0.714. The van der Waals surface area contributed by atoms with Gasteiger partial charge in [-0.2, -0.15) is 0 Å². The molecule has 0 saturated carbocycles. The normalized spacial score (nSPS) is 12.1. The van der Waals surface area contributed by atoms with Crippen molar-refractivity contribution in [1.82, 2.24) is 0 Å². The average molecular weight is 591 g/mol. The molecule has 7 heteroatoms. The summed E-state index contributed by atoms with van der Waals surface area (Å²) < 4.78 is 9.99. The van der Waals surface area contributed by atoms with Gasteiger partial charge in [-0.15, -0.1) is 0 Å². The molecule has 240 valence electrons. The van der Waals surface area contributed by atoms with E-state index in [-0.39, 0.29) is 30.7 Å². The number of hydrogen-bond donors (Lipinski definition) is 3. The van der Waals surface area contributed by atoms with E-state index in [0.29, 0.717) is 18.6 Å².